The van der Waals surface area contributed by atoms with Crippen LogP contribution < -0.4 is 4.74 Å². The van der Waals surface area contributed by atoms with Gasteiger partial charge in [-0.15, -0.1) is 0 Å². The standard InChI is InChI=1S/C25H23BrN2O3/c26-21-10-6-7-19(17-21)18-31-23-12-5-4-11-22(23)25(30)28-15-13-27(14-16-28)24(29)20-8-2-1-3-9-20/h1-12,17H,13-16,18H2. The molecule has 0 saturated carbocycles. The molecule has 6 heteroatoms. The Morgan fingerprint density at radius 2 is 1.42 bits per heavy atom. The molecule has 2 amide bonds. The maximum atomic E-state index is 13.2. The molecule has 3 aromatic carbocycles. The number of carbonyl (C=O) groups excluding carboxylic acids is 2. The van der Waals surface area contributed by atoms with Gasteiger partial charge in [0.1, 0.15) is 12.4 Å². The van der Waals surface area contributed by atoms with Gasteiger partial charge in [0, 0.05) is 36.2 Å². The predicted molar refractivity (Wildman–Crippen MR) is 123 cm³/mol. The molecule has 3 aromatic rings. The molecule has 1 aliphatic heterocycles. The van der Waals surface area contributed by atoms with Gasteiger partial charge in [-0.3, -0.25) is 9.59 Å². The van der Waals surface area contributed by atoms with Crippen LogP contribution in [0.2, 0.25) is 0 Å². The van der Waals surface area contributed by atoms with Gasteiger partial charge in [0.15, 0.2) is 0 Å². The third kappa shape index (κ3) is 5.14. The van der Waals surface area contributed by atoms with Gasteiger partial charge in [0.05, 0.1) is 5.56 Å². The highest BCUT2D eigenvalue weighted by molar-refractivity contribution is 9.10. The highest BCUT2D eigenvalue weighted by Gasteiger charge is 2.26. The van der Waals surface area contributed by atoms with Crippen LogP contribution in [0.3, 0.4) is 0 Å². The van der Waals surface area contributed by atoms with E-state index in [0.717, 1.165) is 10.0 Å². The van der Waals surface area contributed by atoms with Crippen LogP contribution in [0, 0.1) is 0 Å². The fourth-order valence-corrected chi connectivity index (χ4v) is 4.05. The molecule has 0 spiro atoms. The van der Waals surface area contributed by atoms with E-state index in [9.17, 15) is 9.59 Å². The van der Waals surface area contributed by atoms with Gasteiger partial charge < -0.3 is 14.5 Å². The zero-order valence-electron chi connectivity index (χ0n) is 17.0. The number of benzene rings is 3. The largest absolute Gasteiger partial charge is 0.488 e. The second-order valence-electron chi connectivity index (χ2n) is 7.37. The van der Waals surface area contributed by atoms with E-state index in [4.69, 9.17) is 4.74 Å². The monoisotopic (exact) mass is 478 g/mol. The highest BCUT2D eigenvalue weighted by Crippen LogP contribution is 2.23. The van der Waals surface area contributed by atoms with Crippen LogP contribution in [-0.2, 0) is 6.61 Å². The zero-order chi connectivity index (χ0) is 21.6. The first-order valence-electron chi connectivity index (χ1n) is 10.2. The molecule has 0 bridgehead atoms. The number of amides is 2. The van der Waals surface area contributed by atoms with Crippen LogP contribution in [0.5, 0.6) is 5.75 Å². The van der Waals surface area contributed by atoms with Crippen molar-refractivity contribution in [2.24, 2.45) is 0 Å². The van der Waals surface area contributed by atoms with Gasteiger partial charge >= 0.3 is 0 Å². The molecule has 0 unspecified atom stereocenters. The Balaban J connectivity index is 1.39. The average Bonchev–Trinajstić information content (AvgIpc) is 2.83. The summed E-state index contributed by atoms with van der Waals surface area (Å²) >= 11 is 3.46. The topological polar surface area (TPSA) is 49.9 Å². The number of hydrogen-bond acceptors (Lipinski definition) is 3. The van der Waals surface area contributed by atoms with Crippen molar-refractivity contribution in [1.82, 2.24) is 9.80 Å². The summed E-state index contributed by atoms with van der Waals surface area (Å²) in [6.07, 6.45) is 0. The fourth-order valence-electron chi connectivity index (χ4n) is 3.60. The summed E-state index contributed by atoms with van der Waals surface area (Å²) in [5.74, 6) is 0.498. The second kappa shape index (κ2) is 9.79. The first kappa shape index (κ1) is 21.1. The second-order valence-corrected chi connectivity index (χ2v) is 8.28. The Bertz CT molecular complexity index is 1060. The number of para-hydroxylation sites is 1. The number of halogens is 1. The maximum absolute atomic E-state index is 13.2. The third-order valence-corrected chi connectivity index (χ3v) is 5.77. The quantitative estimate of drug-likeness (QED) is 0.537. The van der Waals surface area contributed by atoms with Crippen molar-refractivity contribution >= 4 is 27.7 Å². The number of piperazine rings is 1. The summed E-state index contributed by atoms with van der Waals surface area (Å²) in [7, 11) is 0. The van der Waals surface area contributed by atoms with Gasteiger partial charge in [-0.2, -0.15) is 0 Å². The molecule has 0 atom stereocenters. The lowest BCUT2D eigenvalue weighted by atomic mass is 10.1. The van der Waals surface area contributed by atoms with Crippen LogP contribution in [0.15, 0.2) is 83.3 Å². The van der Waals surface area contributed by atoms with Crippen LogP contribution >= 0.6 is 15.9 Å². The molecule has 0 N–H and O–H groups in total. The van der Waals surface area contributed by atoms with Crippen LogP contribution in [-0.4, -0.2) is 47.8 Å². The molecule has 4 rings (SSSR count). The minimum atomic E-state index is -0.0725. The highest BCUT2D eigenvalue weighted by atomic mass is 79.9. The summed E-state index contributed by atoms with van der Waals surface area (Å²) in [4.78, 5) is 29.4. The Kier molecular flexibility index (Phi) is 6.67. The van der Waals surface area contributed by atoms with E-state index < -0.39 is 0 Å². The van der Waals surface area contributed by atoms with Crippen LogP contribution in [0.4, 0.5) is 0 Å². The first-order valence-corrected chi connectivity index (χ1v) is 11.0. The van der Waals surface area contributed by atoms with Crippen molar-refractivity contribution in [3.05, 3.63) is 100 Å². The lowest BCUT2D eigenvalue weighted by Gasteiger charge is -2.35. The Morgan fingerprint density at radius 1 is 0.774 bits per heavy atom. The van der Waals surface area contributed by atoms with E-state index >= 15 is 0 Å². The Labute approximate surface area is 190 Å². The summed E-state index contributed by atoms with van der Waals surface area (Å²) in [5.41, 5.74) is 2.23. The molecule has 0 aliphatic carbocycles. The van der Waals surface area contributed by atoms with E-state index in [1.165, 1.54) is 0 Å². The lowest BCUT2D eigenvalue weighted by molar-refractivity contribution is 0.0533. The van der Waals surface area contributed by atoms with Gasteiger partial charge in [0.2, 0.25) is 0 Å². The van der Waals surface area contributed by atoms with E-state index in [2.05, 4.69) is 15.9 Å². The summed E-state index contributed by atoms with van der Waals surface area (Å²) in [6.45, 7) is 2.40. The Morgan fingerprint density at radius 3 is 2.13 bits per heavy atom. The van der Waals surface area contributed by atoms with Crippen molar-refractivity contribution in [2.75, 3.05) is 26.2 Å². The minimum absolute atomic E-state index is 0.00505. The van der Waals surface area contributed by atoms with Crippen LogP contribution in [0.25, 0.3) is 0 Å². The van der Waals surface area contributed by atoms with Gasteiger partial charge in [0.25, 0.3) is 11.8 Å². The molecule has 5 nitrogen and oxygen atoms in total. The van der Waals surface area contributed by atoms with Gasteiger partial charge in [-0.1, -0.05) is 58.4 Å². The normalized spacial score (nSPS) is 13.7. The molecule has 1 heterocycles. The molecule has 1 saturated heterocycles. The smallest absolute Gasteiger partial charge is 0.257 e. The summed E-state index contributed by atoms with van der Waals surface area (Å²) in [6, 6.07) is 24.5. The first-order chi connectivity index (χ1) is 15.1. The third-order valence-electron chi connectivity index (χ3n) is 5.28. The molecule has 158 valence electrons. The van der Waals surface area contributed by atoms with Crippen molar-refractivity contribution in [3.8, 4) is 5.75 Å². The van der Waals surface area contributed by atoms with E-state index in [1.807, 2.05) is 72.8 Å². The molecule has 1 fully saturated rings. The number of rotatable bonds is 5. The predicted octanol–water partition coefficient (Wildman–Crippen LogP) is 4.63. The molecule has 0 aromatic heterocycles. The zero-order valence-corrected chi connectivity index (χ0v) is 18.6. The molecular formula is C25H23BrN2O3. The number of carbonyl (C=O) groups is 2. The van der Waals surface area contributed by atoms with Gasteiger partial charge in [-0.25, -0.2) is 0 Å². The summed E-state index contributed by atoms with van der Waals surface area (Å²) < 4.78 is 6.96. The molecule has 0 radical (unpaired) electrons. The number of ether oxygens (including phenoxy) is 1. The van der Waals surface area contributed by atoms with Crippen molar-refractivity contribution in [2.45, 2.75) is 6.61 Å². The van der Waals surface area contributed by atoms with Gasteiger partial charge in [-0.05, 0) is 42.0 Å². The fraction of sp³-hybridized carbons (Fsp3) is 0.200. The SMILES string of the molecule is O=C(c1ccccc1)N1CCN(C(=O)c2ccccc2OCc2cccc(Br)c2)CC1. The lowest BCUT2D eigenvalue weighted by Crippen LogP contribution is -2.50. The minimum Gasteiger partial charge on any atom is -0.488 e. The Hall–Kier alpha value is -3.12. The maximum Gasteiger partial charge on any atom is 0.257 e. The van der Waals surface area contributed by atoms with Crippen molar-refractivity contribution in [3.63, 3.8) is 0 Å². The van der Waals surface area contributed by atoms with Crippen molar-refractivity contribution < 1.29 is 14.3 Å². The number of nitrogens with zero attached hydrogens (tertiary/aromatic N) is 2. The van der Waals surface area contributed by atoms with E-state index in [0.29, 0.717) is 49.7 Å². The molecular weight excluding hydrogens is 456 g/mol. The summed E-state index contributed by atoms with van der Waals surface area (Å²) in [5, 5.41) is 0. The number of hydrogen-bond donors (Lipinski definition) is 0. The average molecular weight is 479 g/mol. The van der Waals surface area contributed by atoms with Crippen LogP contribution in [0.1, 0.15) is 26.3 Å². The molecule has 31 heavy (non-hydrogen) atoms. The van der Waals surface area contributed by atoms with E-state index in [-0.39, 0.29) is 11.8 Å². The molecule has 1 aliphatic rings. The van der Waals surface area contributed by atoms with Crippen molar-refractivity contribution in [1.29, 1.82) is 0 Å². The van der Waals surface area contributed by atoms with E-state index in [1.54, 1.807) is 15.9 Å².